The summed E-state index contributed by atoms with van der Waals surface area (Å²) in [4.78, 5) is 32.1. The van der Waals surface area contributed by atoms with E-state index in [9.17, 15) is 9.59 Å². The van der Waals surface area contributed by atoms with E-state index in [1.165, 1.54) is 11.3 Å². The van der Waals surface area contributed by atoms with Crippen LogP contribution in [0.5, 0.6) is 0 Å². The summed E-state index contributed by atoms with van der Waals surface area (Å²) in [7, 11) is 0. The van der Waals surface area contributed by atoms with Crippen molar-refractivity contribution < 1.29 is 9.59 Å². The minimum atomic E-state index is -0.0645. The van der Waals surface area contributed by atoms with Gasteiger partial charge in [-0.1, -0.05) is 16.6 Å². The maximum Gasteiger partial charge on any atom is 0.267 e. The Morgan fingerprint density at radius 2 is 1.96 bits per heavy atom. The molecule has 0 spiro atoms. The molecule has 0 N–H and O–H groups in total. The van der Waals surface area contributed by atoms with E-state index in [4.69, 9.17) is 0 Å². The summed E-state index contributed by atoms with van der Waals surface area (Å²) in [6.45, 7) is 2.95. The molecule has 4 rings (SSSR count). The standard InChI is InChI=1S/C17H16N4O2S2/c1-10-15(25-20-19-10)17(23)21-8-6-11(7-9-21)14(22)16-18-12-4-2-3-5-13(12)24-16/h2-5,11H,6-9H2,1H3. The molecule has 1 aliphatic rings. The van der Waals surface area contributed by atoms with Crippen molar-refractivity contribution in [2.24, 2.45) is 5.92 Å². The lowest BCUT2D eigenvalue weighted by Crippen LogP contribution is -2.40. The molecule has 3 heterocycles. The predicted molar refractivity (Wildman–Crippen MR) is 97.2 cm³/mol. The predicted octanol–water partition coefficient (Wildman–Crippen LogP) is 3.19. The number of para-hydroxylation sites is 1. The molecule has 1 amide bonds. The van der Waals surface area contributed by atoms with E-state index in [0.717, 1.165) is 21.7 Å². The molecule has 1 saturated heterocycles. The van der Waals surface area contributed by atoms with Crippen molar-refractivity contribution in [1.29, 1.82) is 0 Å². The second-order valence-electron chi connectivity index (χ2n) is 6.10. The number of benzene rings is 1. The van der Waals surface area contributed by atoms with Crippen molar-refractivity contribution >= 4 is 44.8 Å². The Morgan fingerprint density at radius 1 is 1.20 bits per heavy atom. The van der Waals surface area contributed by atoms with Crippen LogP contribution in [0.4, 0.5) is 0 Å². The van der Waals surface area contributed by atoms with Gasteiger partial charge in [0.15, 0.2) is 10.8 Å². The minimum Gasteiger partial charge on any atom is -0.338 e. The van der Waals surface area contributed by atoms with Gasteiger partial charge in [-0.3, -0.25) is 9.59 Å². The molecular formula is C17H16N4O2S2. The first-order valence-corrected chi connectivity index (χ1v) is 9.70. The molecule has 1 aromatic carbocycles. The summed E-state index contributed by atoms with van der Waals surface area (Å²) in [5, 5.41) is 4.47. The number of aromatic nitrogens is 3. The highest BCUT2D eigenvalue weighted by Crippen LogP contribution is 2.28. The monoisotopic (exact) mass is 372 g/mol. The van der Waals surface area contributed by atoms with Crippen LogP contribution in [0.3, 0.4) is 0 Å². The largest absolute Gasteiger partial charge is 0.338 e. The number of aryl methyl sites for hydroxylation is 1. The molecule has 2 aromatic heterocycles. The topological polar surface area (TPSA) is 76.1 Å². The fraction of sp³-hybridized carbons (Fsp3) is 0.353. The Kier molecular flexibility index (Phi) is 4.30. The number of amides is 1. The van der Waals surface area contributed by atoms with Gasteiger partial charge in [0, 0.05) is 19.0 Å². The zero-order valence-electron chi connectivity index (χ0n) is 13.6. The molecule has 25 heavy (non-hydrogen) atoms. The van der Waals surface area contributed by atoms with Gasteiger partial charge in [-0.05, 0) is 43.4 Å². The molecule has 128 valence electrons. The number of hydrogen-bond donors (Lipinski definition) is 0. The van der Waals surface area contributed by atoms with Gasteiger partial charge in [-0.2, -0.15) is 0 Å². The fourth-order valence-electron chi connectivity index (χ4n) is 3.07. The Morgan fingerprint density at radius 3 is 2.64 bits per heavy atom. The average Bonchev–Trinajstić information content (AvgIpc) is 3.26. The summed E-state index contributed by atoms with van der Waals surface area (Å²) < 4.78 is 4.86. The number of nitrogens with zero attached hydrogens (tertiary/aromatic N) is 4. The lowest BCUT2D eigenvalue weighted by Gasteiger charge is -2.30. The minimum absolute atomic E-state index is 0.0293. The zero-order chi connectivity index (χ0) is 17.4. The van der Waals surface area contributed by atoms with Crippen LogP contribution in [0.2, 0.25) is 0 Å². The van der Waals surface area contributed by atoms with Crippen molar-refractivity contribution in [3.05, 3.63) is 39.8 Å². The second kappa shape index (κ2) is 6.61. The second-order valence-corrected chi connectivity index (χ2v) is 7.89. The van der Waals surface area contributed by atoms with Gasteiger partial charge in [-0.25, -0.2) is 4.98 Å². The zero-order valence-corrected chi connectivity index (χ0v) is 15.3. The third kappa shape index (κ3) is 3.07. The van der Waals surface area contributed by atoms with Crippen molar-refractivity contribution in [2.45, 2.75) is 19.8 Å². The highest BCUT2D eigenvalue weighted by atomic mass is 32.1. The molecule has 8 heteroatoms. The summed E-state index contributed by atoms with van der Waals surface area (Å²) in [6, 6.07) is 7.79. The first kappa shape index (κ1) is 16.3. The van der Waals surface area contributed by atoms with Gasteiger partial charge in [-0.15, -0.1) is 16.4 Å². The van der Waals surface area contributed by atoms with E-state index in [-0.39, 0.29) is 17.6 Å². The van der Waals surface area contributed by atoms with Gasteiger partial charge in [0.25, 0.3) is 5.91 Å². The molecule has 0 atom stereocenters. The van der Waals surface area contributed by atoms with E-state index >= 15 is 0 Å². The molecule has 1 aliphatic heterocycles. The molecule has 0 bridgehead atoms. The smallest absolute Gasteiger partial charge is 0.267 e. The number of thiazole rings is 1. The van der Waals surface area contributed by atoms with Crippen LogP contribution in [0.25, 0.3) is 10.2 Å². The Labute approximate surface area is 152 Å². The van der Waals surface area contributed by atoms with Crippen LogP contribution < -0.4 is 0 Å². The van der Waals surface area contributed by atoms with E-state index in [0.29, 0.717) is 41.5 Å². The summed E-state index contributed by atoms with van der Waals surface area (Å²) in [5.74, 6) is 0.00705. The number of ketones is 1. The van der Waals surface area contributed by atoms with E-state index in [2.05, 4.69) is 14.6 Å². The lowest BCUT2D eigenvalue weighted by molar-refractivity contribution is 0.0653. The van der Waals surface area contributed by atoms with E-state index in [1.807, 2.05) is 24.3 Å². The van der Waals surface area contributed by atoms with Crippen molar-refractivity contribution in [2.75, 3.05) is 13.1 Å². The summed E-state index contributed by atoms with van der Waals surface area (Å²) in [6.07, 6.45) is 1.34. The maximum absolute atomic E-state index is 12.8. The third-order valence-electron chi connectivity index (χ3n) is 4.50. The molecule has 0 unspecified atom stereocenters. The van der Waals surface area contributed by atoms with Crippen LogP contribution in [-0.4, -0.2) is 44.3 Å². The number of fused-ring (bicyclic) bond motifs is 1. The summed E-state index contributed by atoms with van der Waals surface area (Å²) in [5.41, 5.74) is 1.54. The first-order valence-electron chi connectivity index (χ1n) is 8.11. The van der Waals surface area contributed by atoms with Crippen molar-refractivity contribution in [3.63, 3.8) is 0 Å². The molecule has 0 saturated carbocycles. The van der Waals surface area contributed by atoms with Crippen LogP contribution in [-0.2, 0) is 0 Å². The first-order chi connectivity index (χ1) is 12.1. The number of hydrogen-bond acceptors (Lipinski definition) is 7. The van der Waals surface area contributed by atoms with Gasteiger partial charge < -0.3 is 4.90 Å². The fourth-order valence-corrected chi connectivity index (χ4v) is 4.68. The van der Waals surface area contributed by atoms with Crippen LogP contribution in [0, 0.1) is 12.8 Å². The normalized spacial score (nSPS) is 15.6. The van der Waals surface area contributed by atoms with Crippen LogP contribution in [0.1, 0.15) is 38.0 Å². The van der Waals surface area contributed by atoms with Crippen molar-refractivity contribution in [3.8, 4) is 0 Å². The van der Waals surface area contributed by atoms with Gasteiger partial charge in [0.1, 0.15) is 4.88 Å². The Hall–Kier alpha value is -2.19. The van der Waals surface area contributed by atoms with Crippen LogP contribution >= 0.6 is 22.9 Å². The molecule has 6 nitrogen and oxygen atoms in total. The van der Waals surface area contributed by atoms with Gasteiger partial charge in [0.05, 0.1) is 15.9 Å². The number of rotatable bonds is 3. The average molecular weight is 372 g/mol. The highest BCUT2D eigenvalue weighted by molar-refractivity contribution is 7.20. The quantitative estimate of drug-likeness (QED) is 0.660. The number of Topliss-reactive ketones (excluding diaryl/α,β-unsaturated/α-hetero) is 1. The molecule has 1 fully saturated rings. The SMILES string of the molecule is Cc1nnsc1C(=O)N1CCC(C(=O)c2nc3ccccc3s2)CC1. The molecule has 3 aromatic rings. The number of carbonyl (C=O) groups is 2. The Balaban J connectivity index is 1.43. The number of likely N-dealkylation sites (tertiary alicyclic amines) is 1. The summed E-state index contributed by atoms with van der Waals surface area (Å²) >= 11 is 2.58. The lowest BCUT2D eigenvalue weighted by atomic mass is 9.92. The third-order valence-corrected chi connectivity index (χ3v) is 6.37. The van der Waals surface area contributed by atoms with Gasteiger partial charge >= 0.3 is 0 Å². The molecule has 0 aliphatic carbocycles. The number of carbonyl (C=O) groups excluding carboxylic acids is 2. The Bertz CT molecular complexity index is 908. The van der Waals surface area contributed by atoms with Gasteiger partial charge in [0.2, 0.25) is 0 Å². The maximum atomic E-state index is 12.8. The van der Waals surface area contributed by atoms with E-state index < -0.39 is 0 Å². The van der Waals surface area contributed by atoms with E-state index in [1.54, 1.807) is 11.8 Å². The molecular weight excluding hydrogens is 356 g/mol. The van der Waals surface area contributed by atoms with Crippen LogP contribution in [0.15, 0.2) is 24.3 Å². The molecule has 0 radical (unpaired) electrons. The highest BCUT2D eigenvalue weighted by Gasteiger charge is 2.31. The number of piperidine rings is 1. The van der Waals surface area contributed by atoms with Crippen molar-refractivity contribution in [1.82, 2.24) is 19.5 Å².